The molecule has 0 spiro atoms. The number of amides is 1. The SMILES string of the molecule is C=C(F)C(=O)N1CC(n2nc(-c3ccc(C(F)(F)F)cc3F)c3ncccc32)C1. The monoisotopic (exact) mass is 408 g/mol. The van der Waals surface area contributed by atoms with Gasteiger partial charge in [-0.2, -0.15) is 18.3 Å². The molecule has 5 nitrogen and oxygen atoms in total. The molecule has 0 N–H and O–H groups in total. The Morgan fingerprint density at radius 1 is 1.21 bits per heavy atom. The zero-order valence-electron chi connectivity index (χ0n) is 14.7. The van der Waals surface area contributed by atoms with Crippen molar-refractivity contribution in [2.24, 2.45) is 0 Å². The van der Waals surface area contributed by atoms with Crippen LogP contribution in [0.5, 0.6) is 0 Å². The number of pyridine rings is 1. The molecule has 1 amide bonds. The van der Waals surface area contributed by atoms with Crippen LogP contribution in [0, 0.1) is 5.82 Å². The highest BCUT2D eigenvalue weighted by molar-refractivity contribution is 5.92. The van der Waals surface area contributed by atoms with E-state index < -0.39 is 29.3 Å². The van der Waals surface area contributed by atoms with Crippen LogP contribution >= 0.6 is 0 Å². The fourth-order valence-corrected chi connectivity index (χ4v) is 3.26. The van der Waals surface area contributed by atoms with Gasteiger partial charge in [0.15, 0.2) is 5.83 Å². The predicted octanol–water partition coefficient (Wildman–Crippen LogP) is 4.12. The molecular formula is C19H13F5N4O. The van der Waals surface area contributed by atoms with Gasteiger partial charge in [0.25, 0.3) is 5.91 Å². The number of benzene rings is 1. The Balaban J connectivity index is 1.73. The molecule has 10 heteroatoms. The summed E-state index contributed by atoms with van der Waals surface area (Å²) in [6.45, 7) is 3.31. The normalized spacial score (nSPS) is 14.9. The molecule has 4 rings (SSSR count). The molecule has 29 heavy (non-hydrogen) atoms. The van der Waals surface area contributed by atoms with E-state index in [2.05, 4.69) is 16.7 Å². The maximum absolute atomic E-state index is 14.5. The van der Waals surface area contributed by atoms with Gasteiger partial charge in [-0.05, 0) is 30.3 Å². The number of rotatable bonds is 3. The first-order chi connectivity index (χ1) is 13.7. The molecule has 2 aromatic heterocycles. The van der Waals surface area contributed by atoms with E-state index in [4.69, 9.17) is 0 Å². The van der Waals surface area contributed by atoms with E-state index in [1.54, 1.807) is 12.1 Å². The van der Waals surface area contributed by atoms with Crippen LogP contribution in [0.3, 0.4) is 0 Å². The summed E-state index contributed by atoms with van der Waals surface area (Å²) in [4.78, 5) is 17.0. The summed E-state index contributed by atoms with van der Waals surface area (Å²) in [5, 5.41) is 4.35. The maximum atomic E-state index is 14.5. The van der Waals surface area contributed by atoms with Crippen LogP contribution < -0.4 is 0 Å². The topological polar surface area (TPSA) is 51.0 Å². The van der Waals surface area contributed by atoms with Gasteiger partial charge >= 0.3 is 6.18 Å². The maximum Gasteiger partial charge on any atom is 0.416 e. The molecule has 1 fully saturated rings. The van der Waals surface area contributed by atoms with Crippen molar-refractivity contribution in [2.75, 3.05) is 13.1 Å². The summed E-state index contributed by atoms with van der Waals surface area (Å²) >= 11 is 0. The van der Waals surface area contributed by atoms with Crippen molar-refractivity contribution in [3.8, 4) is 11.3 Å². The number of alkyl halides is 3. The molecule has 0 radical (unpaired) electrons. The smallest absolute Gasteiger partial charge is 0.332 e. The zero-order valence-corrected chi connectivity index (χ0v) is 14.7. The Labute approximate surface area is 161 Å². The van der Waals surface area contributed by atoms with Crippen LogP contribution in [0.1, 0.15) is 11.6 Å². The standard InChI is InChI=1S/C19H13F5N4O/c1-10(20)18(29)27-8-12(9-27)28-15-3-2-6-25-17(15)16(26-28)13-5-4-11(7-14(13)21)19(22,23)24/h2-7,12H,1,8-9H2. The molecule has 0 aliphatic carbocycles. The Bertz CT molecular complexity index is 1130. The van der Waals surface area contributed by atoms with E-state index in [-0.39, 0.29) is 30.4 Å². The Morgan fingerprint density at radius 2 is 1.93 bits per heavy atom. The van der Waals surface area contributed by atoms with Gasteiger partial charge in [-0.25, -0.2) is 8.78 Å². The fraction of sp³-hybridized carbons (Fsp3) is 0.211. The predicted molar refractivity (Wildman–Crippen MR) is 93.8 cm³/mol. The van der Waals surface area contributed by atoms with Crippen LogP contribution in [-0.2, 0) is 11.0 Å². The van der Waals surface area contributed by atoms with Crippen molar-refractivity contribution >= 4 is 16.9 Å². The third-order valence-electron chi connectivity index (χ3n) is 4.74. The molecule has 1 aliphatic rings. The third-order valence-corrected chi connectivity index (χ3v) is 4.74. The first-order valence-electron chi connectivity index (χ1n) is 8.51. The quantitative estimate of drug-likeness (QED) is 0.484. The zero-order chi connectivity index (χ0) is 20.9. The van der Waals surface area contributed by atoms with E-state index in [9.17, 15) is 26.7 Å². The second kappa shape index (κ2) is 6.64. The number of fused-ring (bicyclic) bond motifs is 1. The molecule has 150 valence electrons. The van der Waals surface area contributed by atoms with Crippen molar-refractivity contribution < 1.29 is 26.7 Å². The minimum absolute atomic E-state index is 0.0894. The first-order valence-corrected chi connectivity index (χ1v) is 8.51. The minimum atomic E-state index is -4.67. The lowest BCUT2D eigenvalue weighted by Gasteiger charge is -2.38. The van der Waals surface area contributed by atoms with E-state index in [1.165, 1.54) is 15.8 Å². The van der Waals surface area contributed by atoms with Crippen LogP contribution in [0.25, 0.3) is 22.3 Å². The van der Waals surface area contributed by atoms with E-state index in [0.717, 1.165) is 12.1 Å². The lowest BCUT2D eigenvalue weighted by Crippen LogP contribution is -2.51. The van der Waals surface area contributed by atoms with E-state index >= 15 is 0 Å². The third kappa shape index (κ3) is 3.24. The van der Waals surface area contributed by atoms with Gasteiger partial charge in [-0.1, -0.05) is 6.58 Å². The van der Waals surface area contributed by atoms with Crippen molar-refractivity contribution in [1.29, 1.82) is 0 Å². The average molecular weight is 408 g/mol. The molecule has 1 aromatic carbocycles. The van der Waals surface area contributed by atoms with Gasteiger partial charge in [-0.15, -0.1) is 0 Å². The minimum Gasteiger partial charge on any atom is -0.332 e. The van der Waals surface area contributed by atoms with Gasteiger partial charge in [0.05, 0.1) is 17.1 Å². The number of likely N-dealkylation sites (tertiary alicyclic amines) is 1. The van der Waals surface area contributed by atoms with E-state index in [0.29, 0.717) is 17.1 Å². The molecule has 0 atom stereocenters. The number of halogens is 5. The van der Waals surface area contributed by atoms with E-state index in [1.807, 2.05) is 0 Å². The second-order valence-corrected chi connectivity index (χ2v) is 6.63. The lowest BCUT2D eigenvalue weighted by atomic mass is 10.1. The van der Waals surface area contributed by atoms with Gasteiger partial charge in [0, 0.05) is 24.8 Å². The highest BCUT2D eigenvalue weighted by Gasteiger charge is 2.36. The highest BCUT2D eigenvalue weighted by atomic mass is 19.4. The van der Waals surface area contributed by atoms with Crippen molar-refractivity contribution in [1.82, 2.24) is 19.7 Å². The van der Waals surface area contributed by atoms with Gasteiger partial charge in [0.2, 0.25) is 0 Å². The van der Waals surface area contributed by atoms with Crippen LogP contribution in [0.2, 0.25) is 0 Å². The Hall–Kier alpha value is -3.30. The first kappa shape index (κ1) is 19.0. The second-order valence-electron chi connectivity index (χ2n) is 6.63. The van der Waals surface area contributed by atoms with Crippen LogP contribution in [0.15, 0.2) is 48.9 Å². The van der Waals surface area contributed by atoms with Gasteiger partial charge in [0.1, 0.15) is 17.0 Å². The number of carbonyl (C=O) groups is 1. The molecule has 1 saturated heterocycles. The number of nitrogens with zero attached hydrogens (tertiary/aromatic N) is 4. The van der Waals surface area contributed by atoms with Gasteiger partial charge in [-0.3, -0.25) is 14.5 Å². The fourth-order valence-electron chi connectivity index (χ4n) is 3.26. The molecule has 0 bridgehead atoms. The van der Waals surface area contributed by atoms with Gasteiger partial charge < -0.3 is 4.90 Å². The van der Waals surface area contributed by atoms with Crippen molar-refractivity contribution in [3.05, 3.63) is 60.3 Å². The molecular weight excluding hydrogens is 395 g/mol. The summed E-state index contributed by atoms with van der Waals surface area (Å²) < 4.78 is 67.4. The summed E-state index contributed by atoms with van der Waals surface area (Å²) in [7, 11) is 0. The van der Waals surface area contributed by atoms with Crippen LogP contribution in [0.4, 0.5) is 22.0 Å². The summed E-state index contributed by atoms with van der Waals surface area (Å²) in [6.07, 6.45) is -3.20. The van der Waals surface area contributed by atoms with Crippen molar-refractivity contribution in [3.63, 3.8) is 0 Å². The average Bonchev–Trinajstić information content (AvgIpc) is 2.99. The Kier molecular flexibility index (Phi) is 4.36. The molecule has 3 aromatic rings. The lowest BCUT2D eigenvalue weighted by molar-refractivity contribution is -0.137. The summed E-state index contributed by atoms with van der Waals surface area (Å²) in [5.41, 5.74) is -0.296. The summed E-state index contributed by atoms with van der Waals surface area (Å²) in [6, 6.07) is 5.22. The number of hydrogen-bond donors (Lipinski definition) is 0. The number of hydrogen-bond acceptors (Lipinski definition) is 3. The molecule has 3 heterocycles. The number of carbonyl (C=O) groups excluding carboxylic acids is 1. The summed E-state index contributed by atoms with van der Waals surface area (Å²) in [5.74, 6) is -2.95. The highest BCUT2D eigenvalue weighted by Crippen LogP contribution is 2.36. The number of aromatic nitrogens is 3. The molecule has 0 saturated carbocycles. The Morgan fingerprint density at radius 3 is 2.55 bits per heavy atom. The largest absolute Gasteiger partial charge is 0.416 e. The molecule has 1 aliphatic heterocycles. The molecule has 0 unspecified atom stereocenters. The van der Waals surface area contributed by atoms with Crippen molar-refractivity contribution in [2.45, 2.75) is 12.2 Å². The van der Waals surface area contributed by atoms with Crippen LogP contribution in [-0.4, -0.2) is 38.7 Å².